The Morgan fingerprint density at radius 3 is 2.48 bits per heavy atom. The molecule has 9 nitrogen and oxygen atoms in total. The number of rotatable bonds is 8. The van der Waals surface area contributed by atoms with Crippen LogP contribution in [0.5, 0.6) is 11.5 Å². The second-order valence-corrected chi connectivity index (χ2v) is 8.42. The molecule has 0 aliphatic carbocycles. The van der Waals surface area contributed by atoms with Crippen LogP contribution in [0.25, 0.3) is 0 Å². The van der Waals surface area contributed by atoms with Gasteiger partial charge in [0.2, 0.25) is 11.8 Å². The van der Waals surface area contributed by atoms with Crippen LogP contribution in [0.2, 0.25) is 0 Å². The van der Waals surface area contributed by atoms with E-state index in [0.29, 0.717) is 43.5 Å². The zero-order chi connectivity index (χ0) is 23.0. The van der Waals surface area contributed by atoms with Gasteiger partial charge in [0.15, 0.2) is 11.5 Å². The van der Waals surface area contributed by atoms with E-state index in [-0.39, 0.29) is 18.4 Å². The van der Waals surface area contributed by atoms with Crippen molar-refractivity contribution in [1.82, 2.24) is 10.2 Å². The smallest absolute Gasteiger partial charge is 0.323 e. The Labute approximate surface area is 183 Å². The van der Waals surface area contributed by atoms with Crippen LogP contribution in [0.4, 0.5) is 5.69 Å². The number of hydrogen-bond acceptors (Lipinski definition) is 7. The third-order valence-corrected chi connectivity index (χ3v) is 4.45. The van der Waals surface area contributed by atoms with Gasteiger partial charge in [-0.25, -0.2) is 0 Å². The summed E-state index contributed by atoms with van der Waals surface area (Å²) in [5, 5.41) is 5.51. The highest BCUT2D eigenvalue weighted by Gasteiger charge is 2.28. The molecule has 0 fully saturated rings. The highest BCUT2D eigenvalue weighted by Crippen LogP contribution is 2.32. The molecule has 1 heterocycles. The summed E-state index contributed by atoms with van der Waals surface area (Å²) in [6.07, 6.45) is 0.794. The summed E-state index contributed by atoms with van der Waals surface area (Å²) < 4.78 is 16.7. The lowest BCUT2D eigenvalue weighted by Crippen LogP contribution is -2.48. The van der Waals surface area contributed by atoms with E-state index in [2.05, 4.69) is 10.6 Å². The molecular weight excluding hydrogens is 402 g/mol. The molecule has 1 aliphatic rings. The average molecular weight is 436 g/mol. The van der Waals surface area contributed by atoms with Crippen LogP contribution >= 0.6 is 0 Å². The molecule has 1 atom stereocenters. The van der Waals surface area contributed by atoms with E-state index in [0.717, 1.165) is 6.42 Å². The first-order valence-corrected chi connectivity index (χ1v) is 10.5. The van der Waals surface area contributed by atoms with Gasteiger partial charge in [0.1, 0.15) is 11.6 Å². The predicted molar refractivity (Wildman–Crippen MR) is 116 cm³/mol. The number of hydrogen-bond donors (Lipinski definition) is 2. The van der Waals surface area contributed by atoms with Crippen molar-refractivity contribution < 1.29 is 28.6 Å². The van der Waals surface area contributed by atoms with Crippen molar-refractivity contribution in [1.29, 1.82) is 0 Å². The third kappa shape index (κ3) is 8.45. The molecule has 0 saturated carbocycles. The maximum absolute atomic E-state index is 12.7. The van der Waals surface area contributed by atoms with Crippen molar-refractivity contribution in [3.8, 4) is 11.5 Å². The largest absolute Gasteiger partial charge is 0.490 e. The molecule has 1 aromatic rings. The maximum Gasteiger partial charge on any atom is 0.323 e. The van der Waals surface area contributed by atoms with Gasteiger partial charge in [-0.1, -0.05) is 0 Å². The van der Waals surface area contributed by atoms with Gasteiger partial charge in [-0.15, -0.1) is 0 Å². The van der Waals surface area contributed by atoms with Crippen molar-refractivity contribution in [2.75, 3.05) is 38.2 Å². The van der Waals surface area contributed by atoms with Gasteiger partial charge >= 0.3 is 5.97 Å². The fourth-order valence-electron chi connectivity index (χ4n) is 2.95. The number of ether oxygens (including phenoxy) is 3. The standard InChI is InChI=1S/C22H33N3O6/c1-15(21(28)31-22(3,4)5)25(10-9-23-16(2)26)14-20(27)24-17-7-8-18-19(13-17)30-12-6-11-29-18/h7-8,13,15H,6,9-12,14H2,1-5H3,(H,23,26)(H,24,27)/t15-/m1/s1. The molecular formula is C22H33N3O6. The van der Waals surface area contributed by atoms with Crippen molar-refractivity contribution in [2.24, 2.45) is 0 Å². The molecule has 2 rings (SSSR count). The summed E-state index contributed by atoms with van der Waals surface area (Å²) in [6, 6.07) is 4.55. The minimum Gasteiger partial charge on any atom is -0.490 e. The van der Waals surface area contributed by atoms with E-state index in [9.17, 15) is 14.4 Å². The fourth-order valence-corrected chi connectivity index (χ4v) is 2.95. The van der Waals surface area contributed by atoms with Gasteiger partial charge in [-0.3, -0.25) is 19.3 Å². The Balaban J connectivity index is 2.04. The Hall–Kier alpha value is -2.81. The van der Waals surface area contributed by atoms with Crippen LogP contribution in [0.1, 0.15) is 41.0 Å². The molecule has 31 heavy (non-hydrogen) atoms. The number of fused-ring (bicyclic) bond motifs is 1. The molecule has 0 spiro atoms. The topological polar surface area (TPSA) is 106 Å². The highest BCUT2D eigenvalue weighted by molar-refractivity contribution is 5.93. The third-order valence-electron chi connectivity index (χ3n) is 4.45. The zero-order valence-electron chi connectivity index (χ0n) is 18.9. The van der Waals surface area contributed by atoms with Gasteiger partial charge in [-0.2, -0.15) is 0 Å². The summed E-state index contributed by atoms with van der Waals surface area (Å²) >= 11 is 0. The number of amides is 2. The number of benzene rings is 1. The number of carbonyl (C=O) groups excluding carboxylic acids is 3. The van der Waals surface area contributed by atoms with Gasteiger partial charge in [-0.05, 0) is 39.8 Å². The second-order valence-electron chi connectivity index (χ2n) is 8.42. The minimum atomic E-state index is -0.664. The lowest BCUT2D eigenvalue weighted by molar-refractivity contribution is -0.160. The first-order valence-electron chi connectivity index (χ1n) is 10.5. The van der Waals surface area contributed by atoms with Crippen LogP contribution in [0, 0.1) is 0 Å². The number of nitrogens with one attached hydrogen (secondary N) is 2. The molecule has 1 aliphatic heterocycles. The molecule has 2 N–H and O–H groups in total. The summed E-state index contributed by atoms with van der Waals surface area (Å²) in [5.74, 6) is 0.318. The maximum atomic E-state index is 12.7. The van der Waals surface area contributed by atoms with E-state index in [1.807, 2.05) is 0 Å². The van der Waals surface area contributed by atoms with Crippen molar-refractivity contribution in [3.05, 3.63) is 18.2 Å². The van der Waals surface area contributed by atoms with Crippen LogP contribution < -0.4 is 20.1 Å². The van der Waals surface area contributed by atoms with E-state index in [4.69, 9.17) is 14.2 Å². The number of anilines is 1. The molecule has 0 radical (unpaired) electrons. The molecule has 0 aromatic heterocycles. The van der Waals surface area contributed by atoms with E-state index < -0.39 is 17.6 Å². The van der Waals surface area contributed by atoms with Crippen LogP contribution in [-0.2, 0) is 19.1 Å². The highest BCUT2D eigenvalue weighted by atomic mass is 16.6. The summed E-state index contributed by atoms with van der Waals surface area (Å²) in [5.41, 5.74) is -0.0677. The van der Waals surface area contributed by atoms with E-state index in [1.54, 1.807) is 50.8 Å². The monoisotopic (exact) mass is 435 g/mol. The van der Waals surface area contributed by atoms with E-state index in [1.165, 1.54) is 6.92 Å². The molecule has 9 heteroatoms. The average Bonchev–Trinajstić information content (AvgIpc) is 2.90. The first-order chi connectivity index (χ1) is 14.5. The van der Waals surface area contributed by atoms with Gasteiger partial charge in [0, 0.05) is 38.2 Å². The van der Waals surface area contributed by atoms with Crippen molar-refractivity contribution in [3.63, 3.8) is 0 Å². The Bertz CT molecular complexity index is 790. The number of esters is 1. The zero-order valence-corrected chi connectivity index (χ0v) is 18.9. The summed E-state index contributed by atoms with van der Waals surface area (Å²) in [6.45, 7) is 10.2. The van der Waals surface area contributed by atoms with Crippen molar-refractivity contribution in [2.45, 2.75) is 52.7 Å². The Morgan fingerprint density at radius 1 is 1.16 bits per heavy atom. The first kappa shape index (κ1) is 24.5. The second kappa shape index (κ2) is 11.0. The normalized spacial score (nSPS) is 14.4. The van der Waals surface area contributed by atoms with Crippen LogP contribution in [0.3, 0.4) is 0 Å². The van der Waals surface area contributed by atoms with E-state index >= 15 is 0 Å². The van der Waals surface area contributed by atoms with Gasteiger partial charge < -0.3 is 24.8 Å². The molecule has 172 valence electrons. The molecule has 2 amide bonds. The minimum absolute atomic E-state index is 0.0472. The van der Waals surface area contributed by atoms with Crippen LogP contribution in [0.15, 0.2) is 18.2 Å². The number of nitrogens with zero attached hydrogens (tertiary/aromatic N) is 1. The van der Waals surface area contributed by atoms with Crippen molar-refractivity contribution >= 4 is 23.5 Å². The molecule has 0 bridgehead atoms. The molecule has 0 unspecified atom stereocenters. The lowest BCUT2D eigenvalue weighted by Gasteiger charge is -2.30. The summed E-state index contributed by atoms with van der Waals surface area (Å²) in [4.78, 5) is 38.1. The molecule has 1 aromatic carbocycles. The predicted octanol–water partition coefficient (Wildman–Crippen LogP) is 1.95. The molecule has 0 saturated heterocycles. The van der Waals surface area contributed by atoms with Gasteiger partial charge in [0.25, 0.3) is 0 Å². The Morgan fingerprint density at radius 2 is 1.84 bits per heavy atom. The van der Waals surface area contributed by atoms with Gasteiger partial charge in [0.05, 0.1) is 19.8 Å². The quantitative estimate of drug-likeness (QED) is 0.601. The summed E-state index contributed by atoms with van der Waals surface area (Å²) in [7, 11) is 0. The SMILES string of the molecule is CC(=O)NCCN(CC(=O)Nc1ccc2c(c1)OCCCO2)[C@H](C)C(=O)OC(C)(C)C. The van der Waals surface area contributed by atoms with Crippen LogP contribution in [-0.4, -0.2) is 67.2 Å². The number of carbonyl (C=O) groups is 3. The fraction of sp³-hybridized carbons (Fsp3) is 0.591. The Kier molecular flexibility index (Phi) is 8.67. The lowest BCUT2D eigenvalue weighted by atomic mass is 10.2.